The first-order chi connectivity index (χ1) is 6.02. The molecule has 0 spiro atoms. The standard InChI is InChI=1S/C9H9BrFNO/c1-6-5-7(3-4-8(6)11)12(2)9(10)13/h3-5H,1-2H3. The summed E-state index contributed by atoms with van der Waals surface area (Å²) in [4.78, 5) is 12.0. The van der Waals surface area contributed by atoms with Crippen molar-refractivity contribution in [3.63, 3.8) is 0 Å². The maximum Gasteiger partial charge on any atom is 0.293 e. The maximum atomic E-state index is 12.8. The maximum absolute atomic E-state index is 12.8. The Morgan fingerprint density at radius 2 is 2.15 bits per heavy atom. The van der Waals surface area contributed by atoms with Gasteiger partial charge >= 0.3 is 0 Å². The molecule has 1 rings (SSSR count). The van der Waals surface area contributed by atoms with Gasteiger partial charge in [-0.3, -0.25) is 4.79 Å². The fourth-order valence-corrected chi connectivity index (χ4v) is 1.14. The minimum atomic E-state index is -0.265. The van der Waals surface area contributed by atoms with E-state index in [-0.39, 0.29) is 10.6 Å². The molecule has 2 nitrogen and oxygen atoms in total. The molecule has 0 saturated carbocycles. The molecule has 0 radical (unpaired) electrons. The Morgan fingerprint density at radius 1 is 1.54 bits per heavy atom. The SMILES string of the molecule is Cc1cc(N(C)C(=O)Br)ccc1F. The number of rotatable bonds is 1. The molecule has 13 heavy (non-hydrogen) atoms. The minimum Gasteiger partial charge on any atom is -0.306 e. The van der Waals surface area contributed by atoms with E-state index in [0.717, 1.165) is 0 Å². The molecule has 1 aromatic rings. The Morgan fingerprint density at radius 3 is 2.62 bits per heavy atom. The van der Waals surface area contributed by atoms with Gasteiger partial charge in [0, 0.05) is 28.7 Å². The Labute approximate surface area is 84.5 Å². The second kappa shape index (κ2) is 3.87. The van der Waals surface area contributed by atoms with Gasteiger partial charge in [0.1, 0.15) is 5.82 Å². The molecule has 0 fully saturated rings. The van der Waals surface area contributed by atoms with Gasteiger partial charge < -0.3 is 4.90 Å². The zero-order valence-corrected chi connectivity index (χ0v) is 8.93. The Bertz CT molecular complexity index is 340. The van der Waals surface area contributed by atoms with Crippen molar-refractivity contribution in [1.29, 1.82) is 0 Å². The molecule has 4 heteroatoms. The number of aryl methyl sites for hydroxylation is 1. The summed E-state index contributed by atoms with van der Waals surface area (Å²) < 4.78 is 12.8. The molecule has 0 aliphatic rings. The summed E-state index contributed by atoms with van der Waals surface area (Å²) in [5, 5.41) is 0. The lowest BCUT2D eigenvalue weighted by Gasteiger charge is -2.14. The Hall–Kier alpha value is -0.900. The van der Waals surface area contributed by atoms with Crippen molar-refractivity contribution in [1.82, 2.24) is 0 Å². The predicted molar refractivity (Wildman–Crippen MR) is 53.9 cm³/mol. The van der Waals surface area contributed by atoms with Crippen LogP contribution in [0.25, 0.3) is 0 Å². The fraction of sp³-hybridized carbons (Fsp3) is 0.222. The quantitative estimate of drug-likeness (QED) is 0.550. The summed E-state index contributed by atoms with van der Waals surface area (Å²) in [6.45, 7) is 1.66. The van der Waals surface area contributed by atoms with Crippen molar-refractivity contribution in [3.8, 4) is 0 Å². The van der Waals surface area contributed by atoms with Crippen LogP contribution in [0.4, 0.5) is 14.9 Å². The van der Waals surface area contributed by atoms with E-state index in [2.05, 4.69) is 15.9 Å². The molecule has 1 aromatic carbocycles. The van der Waals surface area contributed by atoms with Gasteiger partial charge in [-0.25, -0.2) is 4.39 Å². The number of amides is 1. The van der Waals surface area contributed by atoms with Crippen molar-refractivity contribution < 1.29 is 9.18 Å². The number of anilines is 1. The zero-order chi connectivity index (χ0) is 10.0. The highest BCUT2D eigenvalue weighted by molar-refractivity contribution is 9.18. The highest BCUT2D eigenvalue weighted by Crippen LogP contribution is 2.18. The molecule has 1 amide bonds. The molecule has 0 aliphatic carbocycles. The van der Waals surface area contributed by atoms with Gasteiger partial charge in [0.2, 0.25) is 0 Å². The van der Waals surface area contributed by atoms with Crippen LogP contribution in [0.15, 0.2) is 18.2 Å². The molecule has 0 aliphatic heterocycles. The molecule has 0 atom stereocenters. The normalized spacial score (nSPS) is 9.85. The number of benzene rings is 1. The van der Waals surface area contributed by atoms with Crippen LogP contribution in [0, 0.1) is 12.7 Å². The monoisotopic (exact) mass is 245 g/mol. The van der Waals surface area contributed by atoms with E-state index in [9.17, 15) is 9.18 Å². The van der Waals surface area contributed by atoms with Crippen LogP contribution >= 0.6 is 15.9 Å². The topological polar surface area (TPSA) is 20.3 Å². The minimum absolute atomic E-state index is 0.251. The fourth-order valence-electron chi connectivity index (χ4n) is 0.939. The molecule has 0 aromatic heterocycles. The second-order valence-corrected chi connectivity index (χ2v) is 3.42. The highest BCUT2D eigenvalue weighted by atomic mass is 79.9. The molecule has 0 unspecified atom stereocenters. The van der Waals surface area contributed by atoms with Crippen LogP contribution in [-0.4, -0.2) is 11.9 Å². The molecule has 0 bridgehead atoms. The van der Waals surface area contributed by atoms with E-state index >= 15 is 0 Å². The van der Waals surface area contributed by atoms with Crippen LogP contribution in [0.2, 0.25) is 0 Å². The van der Waals surface area contributed by atoms with E-state index in [1.54, 1.807) is 26.1 Å². The van der Waals surface area contributed by atoms with Gasteiger partial charge in [-0.15, -0.1) is 0 Å². The highest BCUT2D eigenvalue weighted by Gasteiger charge is 2.07. The summed E-state index contributed by atoms with van der Waals surface area (Å²) in [7, 11) is 1.61. The smallest absolute Gasteiger partial charge is 0.293 e. The lowest BCUT2D eigenvalue weighted by atomic mass is 10.2. The van der Waals surface area contributed by atoms with Gasteiger partial charge in [0.05, 0.1) is 0 Å². The number of carbonyl (C=O) groups is 1. The van der Waals surface area contributed by atoms with E-state index < -0.39 is 0 Å². The van der Waals surface area contributed by atoms with Gasteiger partial charge in [0.25, 0.3) is 4.82 Å². The largest absolute Gasteiger partial charge is 0.306 e. The van der Waals surface area contributed by atoms with Crippen LogP contribution in [0.3, 0.4) is 0 Å². The number of hydrogen-bond donors (Lipinski definition) is 0. The number of hydrogen-bond acceptors (Lipinski definition) is 1. The molecule has 0 N–H and O–H groups in total. The van der Waals surface area contributed by atoms with Crippen LogP contribution < -0.4 is 4.90 Å². The van der Waals surface area contributed by atoms with Gasteiger partial charge in [-0.2, -0.15) is 0 Å². The first-order valence-electron chi connectivity index (χ1n) is 3.71. The van der Waals surface area contributed by atoms with Crippen molar-refractivity contribution in [2.24, 2.45) is 0 Å². The van der Waals surface area contributed by atoms with Crippen molar-refractivity contribution in [3.05, 3.63) is 29.6 Å². The van der Waals surface area contributed by atoms with Gasteiger partial charge in [-0.05, 0) is 30.7 Å². The van der Waals surface area contributed by atoms with Crippen LogP contribution in [-0.2, 0) is 0 Å². The first kappa shape index (κ1) is 10.2. The van der Waals surface area contributed by atoms with Crippen LogP contribution in [0.5, 0.6) is 0 Å². The van der Waals surface area contributed by atoms with E-state index in [0.29, 0.717) is 11.3 Å². The summed E-state index contributed by atoms with van der Waals surface area (Å²) in [5.41, 5.74) is 1.19. The van der Waals surface area contributed by atoms with Crippen molar-refractivity contribution >= 4 is 26.4 Å². The van der Waals surface area contributed by atoms with E-state index in [4.69, 9.17) is 0 Å². The van der Waals surface area contributed by atoms with Crippen LogP contribution in [0.1, 0.15) is 5.56 Å². The van der Waals surface area contributed by atoms with Crippen molar-refractivity contribution in [2.75, 3.05) is 11.9 Å². The summed E-state index contributed by atoms with van der Waals surface area (Å²) >= 11 is 2.81. The zero-order valence-electron chi connectivity index (χ0n) is 7.34. The Kier molecular flexibility index (Phi) is 3.03. The molecular formula is C9H9BrFNO. The number of carbonyl (C=O) groups excluding carboxylic acids is 1. The summed E-state index contributed by atoms with van der Waals surface area (Å²) in [5.74, 6) is -0.265. The third-order valence-corrected chi connectivity index (χ3v) is 2.32. The van der Waals surface area contributed by atoms with E-state index in [1.807, 2.05) is 0 Å². The third-order valence-electron chi connectivity index (χ3n) is 1.79. The molecule has 70 valence electrons. The number of halogens is 2. The van der Waals surface area contributed by atoms with Gasteiger partial charge in [-0.1, -0.05) is 0 Å². The lowest BCUT2D eigenvalue weighted by molar-refractivity contribution is 0.267. The average molecular weight is 246 g/mol. The predicted octanol–water partition coefficient (Wildman–Crippen LogP) is 3.09. The molecular weight excluding hydrogens is 237 g/mol. The van der Waals surface area contributed by atoms with Gasteiger partial charge in [0.15, 0.2) is 0 Å². The summed E-state index contributed by atoms with van der Waals surface area (Å²) in [6.07, 6.45) is 0. The first-order valence-corrected chi connectivity index (χ1v) is 4.51. The number of nitrogens with zero attached hydrogens (tertiary/aromatic N) is 1. The molecule has 0 saturated heterocycles. The third kappa shape index (κ3) is 2.28. The Balaban J connectivity index is 3.03. The second-order valence-electron chi connectivity index (χ2n) is 2.75. The average Bonchev–Trinajstić information content (AvgIpc) is 2.08. The van der Waals surface area contributed by atoms with Crippen molar-refractivity contribution in [2.45, 2.75) is 6.92 Å². The summed E-state index contributed by atoms with van der Waals surface area (Å²) in [6, 6.07) is 4.52. The van der Waals surface area contributed by atoms with E-state index in [1.165, 1.54) is 11.0 Å². The lowest BCUT2D eigenvalue weighted by Crippen LogP contribution is -2.19. The molecule has 0 heterocycles.